The van der Waals surface area contributed by atoms with Gasteiger partial charge in [0.25, 0.3) is 0 Å². The third-order valence-corrected chi connectivity index (χ3v) is 9.46. The molecule has 0 aromatic carbocycles. The molecule has 6 N–H and O–H groups in total. The Morgan fingerprint density at radius 1 is 0.264 bits per heavy atom. The summed E-state index contributed by atoms with van der Waals surface area (Å²) >= 11 is 0. The van der Waals surface area contributed by atoms with Crippen molar-refractivity contribution in [2.24, 2.45) is 0 Å². The van der Waals surface area contributed by atoms with E-state index in [9.17, 15) is 59.4 Å². The monoisotopic (exact) mass is 760 g/mol. The van der Waals surface area contributed by atoms with Gasteiger partial charge in [-0.3, -0.25) is 58.2 Å². The molecule has 0 aromatic heterocycles. The van der Waals surface area contributed by atoms with Crippen molar-refractivity contribution in [2.75, 3.05) is 157 Å². The van der Waals surface area contributed by atoms with Gasteiger partial charge in [-0.15, -0.1) is 0 Å². The Bertz CT molecular complexity index is 1020. The van der Waals surface area contributed by atoms with Gasteiger partial charge in [-0.2, -0.15) is 0 Å². The topological polar surface area (TPSA) is 250 Å². The van der Waals surface area contributed by atoms with Gasteiger partial charge in [-0.1, -0.05) is 6.42 Å². The molecule has 0 radical (unpaired) electrons. The quantitative estimate of drug-likeness (QED) is 0.0767. The zero-order valence-electron chi connectivity index (χ0n) is 30.8. The van der Waals surface area contributed by atoms with Crippen LogP contribution in [0.15, 0.2) is 0 Å². The normalized spacial score (nSPS) is 20.4. The van der Waals surface area contributed by atoms with E-state index in [0.717, 1.165) is 19.3 Å². The third-order valence-electron chi connectivity index (χ3n) is 9.46. The smallest absolute Gasteiger partial charge is 0.317 e. The molecule has 2 fully saturated rings. The van der Waals surface area contributed by atoms with Gasteiger partial charge in [0.2, 0.25) is 0 Å². The molecule has 0 atom stereocenters. The first-order chi connectivity index (χ1) is 25.2. The van der Waals surface area contributed by atoms with E-state index in [1.54, 1.807) is 29.4 Å². The summed E-state index contributed by atoms with van der Waals surface area (Å²) in [6, 6.07) is 0. The van der Waals surface area contributed by atoms with Crippen LogP contribution in [0.25, 0.3) is 0 Å². The SMILES string of the molecule is O=C(O)CN1CCN(CCCCCN2CCN(CC(=O)O)CCN(CC(=O)O)CCN(CC(=O)O)CC2)CCN(CC(=O)O)CCN(CC(=O)O)CC1. The summed E-state index contributed by atoms with van der Waals surface area (Å²) in [5, 5.41) is 56.6. The maximum atomic E-state index is 11.6. The van der Waals surface area contributed by atoms with E-state index in [1.807, 2.05) is 0 Å². The summed E-state index contributed by atoms with van der Waals surface area (Å²) in [7, 11) is 0. The number of carbonyl (C=O) groups is 6. The average molecular weight is 761 g/mol. The number of carboxylic acid groups (broad SMARTS) is 6. The molecule has 0 saturated carbocycles. The van der Waals surface area contributed by atoms with Crippen molar-refractivity contribution in [1.82, 2.24) is 39.2 Å². The van der Waals surface area contributed by atoms with E-state index < -0.39 is 35.8 Å². The molecular formula is C33H60N8O12. The Labute approximate surface area is 310 Å². The molecule has 20 heteroatoms. The molecule has 2 saturated heterocycles. The molecule has 0 unspecified atom stereocenters. The second-order valence-corrected chi connectivity index (χ2v) is 13.8. The minimum absolute atomic E-state index is 0.176. The summed E-state index contributed by atoms with van der Waals surface area (Å²) in [5.74, 6) is -5.90. The molecule has 20 nitrogen and oxygen atoms in total. The minimum Gasteiger partial charge on any atom is -0.480 e. The van der Waals surface area contributed by atoms with Crippen molar-refractivity contribution >= 4 is 35.8 Å². The number of aliphatic carboxylic acids is 6. The first-order valence-corrected chi connectivity index (χ1v) is 18.3. The largest absolute Gasteiger partial charge is 0.480 e. The minimum atomic E-state index is -1.01. The molecule has 53 heavy (non-hydrogen) atoms. The van der Waals surface area contributed by atoms with Crippen LogP contribution in [0.4, 0.5) is 0 Å². The van der Waals surface area contributed by atoms with Crippen molar-refractivity contribution in [3.63, 3.8) is 0 Å². The highest BCUT2D eigenvalue weighted by Crippen LogP contribution is 2.07. The van der Waals surface area contributed by atoms with Crippen molar-refractivity contribution in [3.8, 4) is 0 Å². The van der Waals surface area contributed by atoms with Gasteiger partial charge in [-0.25, -0.2) is 0 Å². The maximum absolute atomic E-state index is 11.6. The van der Waals surface area contributed by atoms with Crippen LogP contribution in [0.5, 0.6) is 0 Å². The Morgan fingerprint density at radius 2 is 0.415 bits per heavy atom. The first-order valence-electron chi connectivity index (χ1n) is 18.3. The molecule has 0 aliphatic carbocycles. The highest BCUT2D eigenvalue weighted by atomic mass is 16.4. The number of hydrogen-bond acceptors (Lipinski definition) is 14. The van der Waals surface area contributed by atoms with E-state index in [2.05, 4.69) is 9.80 Å². The van der Waals surface area contributed by atoms with Crippen LogP contribution in [0.3, 0.4) is 0 Å². The summed E-state index contributed by atoms with van der Waals surface area (Å²) < 4.78 is 0. The second-order valence-electron chi connectivity index (χ2n) is 13.8. The highest BCUT2D eigenvalue weighted by molar-refractivity contribution is 5.70. The predicted octanol–water partition coefficient (Wildman–Crippen LogP) is -2.89. The summed E-state index contributed by atoms with van der Waals surface area (Å²) in [6.07, 6.45) is 2.51. The molecule has 2 aliphatic rings. The van der Waals surface area contributed by atoms with E-state index in [1.165, 1.54) is 0 Å². The van der Waals surface area contributed by atoms with Gasteiger partial charge < -0.3 is 40.4 Å². The Balaban J connectivity index is 2.04. The molecule has 2 rings (SSSR count). The van der Waals surface area contributed by atoms with Crippen LogP contribution >= 0.6 is 0 Å². The van der Waals surface area contributed by atoms with E-state index in [4.69, 9.17) is 0 Å². The van der Waals surface area contributed by atoms with E-state index in [-0.39, 0.29) is 39.3 Å². The Kier molecular flexibility index (Phi) is 22.0. The molecule has 0 bridgehead atoms. The van der Waals surface area contributed by atoms with Crippen molar-refractivity contribution in [3.05, 3.63) is 0 Å². The fourth-order valence-electron chi connectivity index (χ4n) is 6.55. The fraction of sp³-hybridized carbons (Fsp3) is 0.818. The van der Waals surface area contributed by atoms with Crippen LogP contribution < -0.4 is 0 Å². The number of unbranched alkanes of at least 4 members (excludes halogenated alkanes) is 2. The van der Waals surface area contributed by atoms with Gasteiger partial charge >= 0.3 is 35.8 Å². The highest BCUT2D eigenvalue weighted by Gasteiger charge is 2.22. The molecule has 2 heterocycles. The first kappa shape index (κ1) is 45.7. The van der Waals surface area contributed by atoms with Gasteiger partial charge in [0.15, 0.2) is 0 Å². The summed E-state index contributed by atoms with van der Waals surface area (Å²) in [4.78, 5) is 84.2. The zero-order chi connectivity index (χ0) is 39.2. The van der Waals surface area contributed by atoms with Crippen molar-refractivity contribution < 1.29 is 59.4 Å². The lowest BCUT2D eigenvalue weighted by molar-refractivity contribution is -0.140. The summed E-state index contributed by atoms with van der Waals surface area (Å²) in [6.45, 7) is 7.07. The molecule has 2 aliphatic heterocycles. The van der Waals surface area contributed by atoms with Crippen molar-refractivity contribution in [1.29, 1.82) is 0 Å². The van der Waals surface area contributed by atoms with Crippen LogP contribution in [0.2, 0.25) is 0 Å². The molecule has 0 amide bonds. The second kappa shape index (κ2) is 25.5. The lowest BCUT2D eigenvalue weighted by Crippen LogP contribution is -2.48. The predicted molar refractivity (Wildman–Crippen MR) is 191 cm³/mol. The molecule has 0 spiro atoms. The van der Waals surface area contributed by atoms with Crippen LogP contribution in [0, 0.1) is 0 Å². The lowest BCUT2D eigenvalue weighted by Gasteiger charge is -2.33. The summed E-state index contributed by atoms with van der Waals surface area (Å²) in [5.41, 5.74) is 0. The van der Waals surface area contributed by atoms with Gasteiger partial charge in [0.1, 0.15) is 0 Å². The Hall–Kier alpha value is -3.50. The van der Waals surface area contributed by atoms with Gasteiger partial charge in [0, 0.05) is 105 Å². The van der Waals surface area contributed by atoms with Crippen LogP contribution in [-0.4, -0.2) is 263 Å². The van der Waals surface area contributed by atoms with Gasteiger partial charge in [-0.05, 0) is 25.9 Å². The number of nitrogens with zero attached hydrogens (tertiary/aromatic N) is 8. The number of rotatable bonds is 18. The average Bonchev–Trinajstić information content (AvgIpc) is 3.04. The molecule has 0 aromatic rings. The third kappa shape index (κ3) is 22.3. The standard InChI is InChI=1S/C33H60N8O12/c42-28(43)22-36-10-6-34(7-11-37(23-29(44)45)15-19-40(18-14-36)26-32(50)51)4-2-1-3-5-35-8-12-38(24-30(46)47)16-20-41(27-33(52)53)21-17-39(13-9-35)25-31(48)49/h1-27H2,(H,42,43)(H,44,45)(H,46,47)(H,48,49)(H,50,51)(H,52,53). The van der Waals surface area contributed by atoms with E-state index >= 15 is 0 Å². The van der Waals surface area contributed by atoms with Crippen LogP contribution in [-0.2, 0) is 28.8 Å². The maximum Gasteiger partial charge on any atom is 0.317 e. The number of carboxylic acids is 6. The zero-order valence-corrected chi connectivity index (χ0v) is 30.8. The molecular weight excluding hydrogens is 700 g/mol. The van der Waals surface area contributed by atoms with E-state index in [0.29, 0.717) is 118 Å². The Morgan fingerprint density at radius 3 is 0.566 bits per heavy atom. The fourth-order valence-corrected chi connectivity index (χ4v) is 6.55. The van der Waals surface area contributed by atoms with Crippen molar-refractivity contribution in [2.45, 2.75) is 19.3 Å². The molecule has 304 valence electrons. The van der Waals surface area contributed by atoms with Crippen LogP contribution in [0.1, 0.15) is 19.3 Å². The van der Waals surface area contributed by atoms with Gasteiger partial charge in [0.05, 0.1) is 39.3 Å². The lowest BCUT2D eigenvalue weighted by atomic mass is 10.2. The number of hydrogen-bond donors (Lipinski definition) is 6.